The first-order chi connectivity index (χ1) is 8.75. The van der Waals surface area contributed by atoms with Crippen molar-refractivity contribution in [1.82, 2.24) is 10.3 Å². The summed E-state index contributed by atoms with van der Waals surface area (Å²) in [5, 5.41) is 6.62. The van der Waals surface area contributed by atoms with Crippen molar-refractivity contribution in [1.29, 1.82) is 0 Å². The van der Waals surface area contributed by atoms with Gasteiger partial charge in [0.25, 0.3) is 0 Å². The Hall–Kier alpha value is -0.710. The number of rotatable bonds is 4. The van der Waals surface area contributed by atoms with Gasteiger partial charge in [0, 0.05) is 27.4 Å². The molecule has 1 aromatic carbocycles. The zero-order valence-electron chi connectivity index (χ0n) is 10.2. The van der Waals surface area contributed by atoms with Gasteiger partial charge in [-0.05, 0) is 26.0 Å². The molecule has 0 spiro atoms. The Kier molecular flexibility index (Phi) is 3.26. The fourth-order valence-electron chi connectivity index (χ4n) is 2.29. The van der Waals surface area contributed by atoms with Crippen molar-refractivity contribution >= 4 is 27.3 Å². The molecule has 0 amide bonds. The van der Waals surface area contributed by atoms with Crippen LogP contribution < -0.4 is 5.32 Å². The third kappa shape index (κ3) is 2.13. The maximum absolute atomic E-state index is 4.84. The second-order valence-corrected chi connectivity index (χ2v) is 6.54. The lowest BCUT2D eigenvalue weighted by molar-refractivity contribution is 0.611. The summed E-state index contributed by atoms with van der Waals surface area (Å²) in [7, 11) is 2.02. The normalized spacial score (nSPS) is 16.8. The Morgan fingerprint density at radius 3 is 2.83 bits per heavy atom. The van der Waals surface area contributed by atoms with Crippen LogP contribution >= 0.6 is 27.3 Å². The summed E-state index contributed by atoms with van der Waals surface area (Å²) in [6.45, 7) is 1.03. The number of likely N-dealkylation sites (N-methyl/N-ethyl adjacent to an activating group) is 1. The number of benzene rings is 1. The number of halogens is 1. The molecular weight excluding hydrogens is 308 g/mol. The molecule has 0 radical (unpaired) electrons. The summed E-state index contributed by atoms with van der Waals surface area (Å²) < 4.78 is 1.12. The average Bonchev–Trinajstić information content (AvgIpc) is 2.99. The highest BCUT2D eigenvalue weighted by atomic mass is 79.9. The van der Waals surface area contributed by atoms with Crippen molar-refractivity contribution in [2.75, 3.05) is 13.6 Å². The van der Waals surface area contributed by atoms with E-state index in [1.54, 1.807) is 11.3 Å². The highest BCUT2D eigenvalue weighted by molar-refractivity contribution is 9.10. The smallest absolute Gasteiger partial charge is 0.124 e. The molecular formula is C14H15BrN2S. The van der Waals surface area contributed by atoms with Crippen LogP contribution in [-0.2, 0) is 5.41 Å². The molecule has 2 aromatic rings. The summed E-state index contributed by atoms with van der Waals surface area (Å²) in [4.78, 5) is 4.84. The van der Waals surface area contributed by atoms with E-state index in [2.05, 4.69) is 44.8 Å². The molecule has 2 nitrogen and oxygen atoms in total. The Labute approximate surface area is 120 Å². The predicted molar refractivity (Wildman–Crippen MR) is 80.1 cm³/mol. The first-order valence-electron chi connectivity index (χ1n) is 6.11. The maximum Gasteiger partial charge on any atom is 0.124 e. The van der Waals surface area contributed by atoms with E-state index >= 15 is 0 Å². The Bertz CT molecular complexity index is 560. The minimum absolute atomic E-state index is 0.310. The van der Waals surface area contributed by atoms with Gasteiger partial charge in [-0.25, -0.2) is 4.98 Å². The molecule has 0 aliphatic heterocycles. The number of hydrogen-bond acceptors (Lipinski definition) is 3. The molecule has 1 fully saturated rings. The molecule has 0 saturated heterocycles. The van der Waals surface area contributed by atoms with Crippen molar-refractivity contribution in [3.8, 4) is 10.6 Å². The molecule has 3 rings (SSSR count). The molecule has 1 aliphatic rings. The van der Waals surface area contributed by atoms with E-state index in [1.165, 1.54) is 24.1 Å². The van der Waals surface area contributed by atoms with Crippen molar-refractivity contribution in [3.05, 3.63) is 39.8 Å². The number of aromatic nitrogens is 1. The zero-order valence-corrected chi connectivity index (χ0v) is 12.6. The summed E-state index contributed by atoms with van der Waals surface area (Å²) >= 11 is 5.33. The molecule has 1 aromatic heterocycles. The minimum atomic E-state index is 0.310. The zero-order chi connectivity index (χ0) is 12.6. The van der Waals surface area contributed by atoms with Gasteiger partial charge in [0.2, 0.25) is 0 Å². The number of thiazole rings is 1. The van der Waals surface area contributed by atoms with E-state index < -0.39 is 0 Å². The first-order valence-corrected chi connectivity index (χ1v) is 7.78. The molecule has 1 aliphatic carbocycles. The van der Waals surface area contributed by atoms with Gasteiger partial charge in [-0.2, -0.15) is 0 Å². The molecule has 94 valence electrons. The summed E-state index contributed by atoms with van der Waals surface area (Å²) in [6.07, 6.45) is 2.51. The van der Waals surface area contributed by atoms with E-state index in [4.69, 9.17) is 4.98 Å². The van der Waals surface area contributed by atoms with Gasteiger partial charge in [0.1, 0.15) is 5.01 Å². The SMILES string of the molecule is CNCC1(c2csc(-c3ccccc3Br)n2)CC1. The quantitative estimate of drug-likeness (QED) is 0.925. The lowest BCUT2D eigenvalue weighted by Gasteiger charge is -2.10. The molecule has 1 heterocycles. The molecule has 0 unspecified atom stereocenters. The van der Waals surface area contributed by atoms with E-state index in [9.17, 15) is 0 Å². The molecule has 4 heteroatoms. The van der Waals surface area contributed by atoms with Crippen LogP contribution in [0.25, 0.3) is 10.6 Å². The van der Waals surface area contributed by atoms with Gasteiger partial charge < -0.3 is 5.32 Å². The molecule has 0 atom stereocenters. The minimum Gasteiger partial charge on any atom is -0.319 e. The van der Waals surface area contributed by atoms with Gasteiger partial charge in [0.15, 0.2) is 0 Å². The van der Waals surface area contributed by atoms with E-state index in [1.807, 2.05) is 13.1 Å². The molecule has 0 bridgehead atoms. The van der Waals surface area contributed by atoms with Gasteiger partial charge in [0.05, 0.1) is 5.69 Å². The highest BCUT2D eigenvalue weighted by Crippen LogP contribution is 2.48. The first kappa shape index (κ1) is 12.3. The number of hydrogen-bond donors (Lipinski definition) is 1. The van der Waals surface area contributed by atoms with Crippen LogP contribution in [0.3, 0.4) is 0 Å². The summed E-state index contributed by atoms with van der Waals surface area (Å²) in [5.74, 6) is 0. The third-order valence-corrected chi connectivity index (χ3v) is 5.09. The lowest BCUT2D eigenvalue weighted by atomic mass is 10.0. The van der Waals surface area contributed by atoms with Crippen molar-refractivity contribution in [3.63, 3.8) is 0 Å². The van der Waals surface area contributed by atoms with Gasteiger partial charge >= 0.3 is 0 Å². The number of nitrogens with zero attached hydrogens (tertiary/aromatic N) is 1. The second-order valence-electron chi connectivity index (χ2n) is 4.83. The Morgan fingerprint density at radius 1 is 1.39 bits per heavy atom. The van der Waals surface area contributed by atoms with Crippen LogP contribution in [-0.4, -0.2) is 18.6 Å². The van der Waals surface area contributed by atoms with Crippen molar-refractivity contribution in [2.24, 2.45) is 0 Å². The van der Waals surface area contributed by atoms with Crippen LogP contribution in [0.4, 0.5) is 0 Å². The van der Waals surface area contributed by atoms with E-state index in [0.29, 0.717) is 5.41 Å². The monoisotopic (exact) mass is 322 g/mol. The van der Waals surface area contributed by atoms with Crippen molar-refractivity contribution < 1.29 is 0 Å². The number of nitrogens with one attached hydrogen (secondary N) is 1. The standard InChI is InChI=1S/C14H15BrN2S/c1-16-9-14(6-7-14)12-8-18-13(17-12)10-4-2-3-5-11(10)15/h2-5,8,16H,6-7,9H2,1H3. The molecule has 18 heavy (non-hydrogen) atoms. The van der Waals surface area contributed by atoms with Gasteiger partial charge in [-0.15, -0.1) is 11.3 Å². The topological polar surface area (TPSA) is 24.9 Å². The lowest BCUT2D eigenvalue weighted by Crippen LogP contribution is -2.23. The Balaban J connectivity index is 1.93. The highest BCUT2D eigenvalue weighted by Gasteiger charge is 2.45. The second kappa shape index (κ2) is 4.76. The summed E-state index contributed by atoms with van der Waals surface area (Å²) in [6, 6.07) is 8.27. The van der Waals surface area contributed by atoms with Crippen LogP contribution in [0.2, 0.25) is 0 Å². The Morgan fingerprint density at radius 2 is 2.17 bits per heavy atom. The maximum atomic E-state index is 4.84. The van der Waals surface area contributed by atoms with Crippen molar-refractivity contribution in [2.45, 2.75) is 18.3 Å². The average molecular weight is 323 g/mol. The van der Waals surface area contributed by atoms with Crippen LogP contribution in [0.1, 0.15) is 18.5 Å². The fraction of sp³-hybridized carbons (Fsp3) is 0.357. The summed E-state index contributed by atoms with van der Waals surface area (Å²) in [5.41, 5.74) is 2.76. The largest absolute Gasteiger partial charge is 0.319 e. The van der Waals surface area contributed by atoms with Crippen LogP contribution in [0, 0.1) is 0 Å². The van der Waals surface area contributed by atoms with Gasteiger partial charge in [-0.3, -0.25) is 0 Å². The van der Waals surface area contributed by atoms with Crippen LogP contribution in [0.15, 0.2) is 34.1 Å². The van der Waals surface area contributed by atoms with Gasteiger partial charge in [-0.1, -0.05) is 34.1 Å². The van der Waals surface area contributed by atoms with Crippen LogP contribution in [0.5, 0.6) is 0 Å². The third-order valence-electron chi connectivity index (χ3n) is 3.52. The molecule has 1 N–H and O–H groups in total. The van der Waals surface area contributed by atoms with E-state index in [-0.39, 0.29) is 0 Å². The van der Waals surface area contributed by atoms with E-state index in [0.717, 1.165) is 16.0 Å². The predicted octanol–water partition coefficient (Wildman–Crippen LogP) is 3.82. The molecule has 1 saturated carbocycles. The fourth-order valence-corrected chi connectivity index (χ4v) is 3.87.